The number of benzene rings is 2. The number of hydrogen-bond donors (Lipinski definition) is 3. The van der Waals surface area contributed by atoms with Crippen molar-refractivity contribution < 1.29 is 19.4 Å². The highest BCUT2D eigenvalue weighted by molar-refractivity contribution is 7.99. The molecule has 0 unspecified atom stereocenters. The van der Waals surface area contributed by atoms with Gasteiger partial charge in [0.2, 0.25) is 0 Å². The summed E-state index contributed by atoms with van der Waals surface area (Å²) in [5.74, 6) is 0.117. The predicted octanol–water partition coefficient (Wildman–Crippen LogP) is 3.97. The number of nitrogens with zero attached hydrogens (tertiary/aromatic N) is 3. The Kier molecular flexibility index (Phi) is 5.87. The van der Waals surface area contributed by atoms with E-state index in [1.54, 1.807) is 31.4 Å². The molecule has 2 aromatic carbocycles. The first-order chi connectivity index (χ1) is 15.0. The third kappa shape index (κ3) is 4.37. The van der Waals surface area contributed by atoms with Crippen LogP contribution in [-0.2, 0) is 5.75 Å². The molecule has 11 heteroatoms. The highest BCUT2D eigenvalue weighted by Crippen LogP contribution is 2.42. The van der Waals surface area contributed by atoms with Crippen LogP contribution in [0.4, 0.5) is 5.95 Å². The molecule has 0 spiro atoms. The number of aryl methyl sites for hydroxylation is 1. The number of thiophene rings is 1. The predicted molar refractivity (Wildman–Crippen MR) is 118 cm³/mol. The van der Waals surface area contributed by atoms with E-state index in [9.17, 15) is 9.59 Å². The summed E-state index contributed by atoms with van der Waals surface area (Å²) in [4.78, 5) is 25.4. The van der Waals surface area contributed by atoms with Gasteiger partial charge in [0.1, 0.15) is 10.6 Å². The number of carbonyl (C=O) groups is 2. The Balaban J connectivity index is 1.69. The summed E-state index contributed by atoms with van der Waals surface area (Å²) < 4.78 is 6.35. The normalized spacial score (nSPS) is 10.9. The fourth-order valence-corrected chi connectivity index (χ4v) is 5.42. The number of ether oxygens (including phenoxy) is 1. The average Bonchev–Trinajstić information content (AvgIpc) is 3.39. The summed E-state index contributed by atoms with van der Waals surface area (Å²) in [6.07, 6.45) is 0. The molecule has 2 aromatic heterocycles. The van der Waals surface area contributed by atoms with E-state index in [1.165, 1.54) is 23.1 Å². The Morgan fingerprint density at radius 1 is 1.26 bits per heavy atom. The number of hydrogen-bond acceptors (Lipinski definition) is 8. The molecule has 4 rings (SSSR count). The van der Waals surface area contributed by atoms with Gasteiger partial charge < -0.3 is 9.84 Å². The lowest BCUT2D eigenvalue weighted by molar-refractivity contribution is 0.0696. The fourth-order valence-electron chi connectivity index (χ4n) is 2.99. The minimum absolute atomic E-state index is 0.0939. The van der Waals surface area contributed by atoms with Crippen molar-refractivity contribution in [2.75, 3.05) is 12.4 Å². The molecule has 158 valence electrons. The van der Waals surface area contributed by atoms with E-state index in [-0.39, 0.29) is 17.4 Å². The number of carbonyl (C=O) groups excluding carboxylic acids is 1. The van der Waals surface area contributed by atoms with Crippen molar-refractivity contribution in [1.29, 1.82) is 0 Å². The molecule has 9 nitrogen and oxygen atoms in total. The summed E-state index contributed by atoms with van der Waals surface area (Å²) in [6.45, 7) is 1.95. The van der Waals surface area contributed by atoms with Crippen molar-refractivity contribution in [3.8, 4) is 5.75 Å². The van der Waals surface area contributed by atoms with Crippen molar-refractivity contribution in [3.05, 3.63) is 58.0 Å². The van der Waals surface area contributed by atoms with Gasteiger partial charge in [-0.15, -0.1) is 28.2 Å². The molecule has 1 amide bonds. The van der Waals surface area contributed by atoms with Gasteiger partial charge in [-0.2, -0.15) is 5.21 Å². The highest BCUT2D eigenvalue weighted by Gasteiger charge is 2.21. The molecule has 0 saturated carbocycles. The van der Waals surface area contributed by atoms with Crippen molar-refractivity contribution in [2.24, 2.45) is 0 Å². The number of carboxylic acids is 1. The number of aromatic nitrogens is 4. The minimum atomic E-state index is -0.965. The molecule has 0 aliphatic carbocycles. The van der Waals surface area contributed by atoms with Gasteiger partial charge in [0.05, 0.1) is 12.7 Å². The molecule has 0 atom stereocenters. The first kappa shape index (κ1) is 20.8. The van der Waals surface area contributed by atoms with Gasteiger partial charge in [-0.1, -0.05) is 17.2 Å². The van der Waals surface area contributed by atoms with E-state index in [0.717, 1.165) is 31.9 Å². The molecule has 0 fully saturated rings. The topological polar surface area (TPSA) is 130 Å². The van der Waals surface area contributed by atoms with Crippen LogP contribution in [-0.4, -0.2) is 44.7 Å². The van der Waals surface area contributed by atoms with Crippen LogP contribution in [0.25, 0.3) is 10.1 Å². The first-order valence-corrected chi connectivity index (χ1v) is 10.9. The monoisotopic (exact) mass is 455 g/mol. The van der Waals surface area contributed by atoms with Crippen molar-refractivity contribution in [3.63, 3.8) is 0 Å². The molecule has 0 bridgehead atoms. The quantitative estimate of drug-likeness (QED) is 0.357. The molecule has 0 saturated heterocycles. The standard InChI is InChI=1S/C20H17N5O4S2/c1-10-7-13-15(8-14(10)29-2)31-17(18(26)21-20-22-24-25-23-20)16(13)30-9-11-3-5-12(6-4-11)19(27)28/h3-8H,9H2,1-2H3,(H,27,28)(H2,21,22,23,24,25,26). The first-order valence-electron chi connectivity index (χ1n) is 9.07. The number of rotatable bonds is 7. The van der Waals surface area contributed by atoms with Crippen molar-refractivity contribution in [1.82, 2.24) is 20.6 Å². The third-order valence-corrected chi connectivity index (χ3v) is 6.99. The molecule has 31 heavy (non-hydrogen) atoms. The Hall–Kier alpha value is -3.44. The summed E-state index contributed by atoms with van der Waals surface area (Å²) >= 11 is 2.87. The Bertz CT molecular complexity index is 1250. The molecule has 3 N–H and O–H groups in total. The van der Waals surface area contributed by atoms with E-state index >= 15 is 0 Å². The van der Waals surface area contributed by atoms with Gasteiger partial charge in [0.15, 0.2) is 0 Å². The second-order valence-corrected chi connectivity index (χ2v) is 8.60. The molecule has 4 aromatic rings. The lowest BCUT2D eigenvalue weighted by Crippen LogP contribution is -2.12. The number of aromatic carboxylic acids is 1. The van der Waals surface area contributed by atoms with Gasteiger partial charge in [0.25, 0.3) is 11.9 Å². The molecule has 2 heterocycles. The van der Waals surface area contributed by atoms with Crippen LogP contribution >= 0.6 is 23.1 Å². The number of thioether (sulfide) groups is 1. The maximum atomic E-state index is 12.9. The van der Waals surface area contributed by atoms with Crippen LogP contribution in [0.1, 0.15) is 31.2 Å². The van der Waals surface area contributed by atoms with Gasteiger partial charge in [0, 0.05) is 20.7 Å². The number of anilines is 1. The number of carboxylic acid groups (broad SMARTS) is 1. The van der Waals surface area contributed by atoms with Gasteiger partial charge in [-0.3, -0.25) is 10.1 Å². The van der Waals surface area contributed by atoms with E-state index in [1.807, 2.05) is 19.1 Å². The fraction of sp³-hybridized carbons (Fsp3) is 0.150. The third-order valence-electron chi connectivity index (χ3n) is 4.52. The molecule has 0 aliphatic rings. The highest BCUT2D eigenvalue weighted by atomic mass is 32.2. The number of H-pyrrole nitrogens is 1. The van der Waals surface area contributed by atoms with Gasteiger partial charge in [-0.05, 0) is 47.5 Å². The van der Waals surface area contributed by atoms with Crippen LogP contribution in [0.2, 0.25) is 0 Å². The summed E-state index contributed by atoms with van der Waals surface area (Å²) in [5.41, 5.74) is 2.15. The van der Waals surface area contributed by atoms with Crippen LogP contribution in [0.5, 0.6) is 5.75 Å². The Labute approximate surface area is 184 Å². The van der Waals surface area contributed by atoms with Gasteiger partial charge in [-0.25, -0.2) is 4.79 Å². The zero-order valence-electron chi connectivity index (χ0n) is 16.5. The molecule has 0 aliphatic heterocycles. The van der Waals surface area contributed by atoms with E-state index in [4.69, 9.17) is 9.84 Å². The van der Waals surface area contributed by atoms with Crippen LogP contribution in [0.15, 0.2) is 41.3 Å². The second kappa shape index (κ2) is 8.74. The lowest BCUT2D eigenvalue weighted by atomic mass is 10.1. The van der Waals surface area contributed by atoms with Crippen LogP contribution in [0.3, 0.4) is 0 Å². The summed E-state index contributed by atoms with van der Waals surface area (Å²) in [5, 5.41) is 26.0. The minimum Gasteiger partial charge on any atom is -0.496 e. The van der Waals surface area contributed by atoms with Gasteiger partial charge >= 0.3 is 5.97 Å². The van der Waals surface area contributed by atoms with Crippen LogP contribution in [0, 0.1) is 6.92 Å². The van der Waals surface area contributed by atoms with E-state index in [0.29, 0.717) is 10.6 Å². The Morgan fingerprint density at radius 2 is 2.03 bits per heavy atom. The number of amides is 1. The second-order valence-electron chi connectivity index (χ2n) is 6.56. The van der Waals surface area contributed by atoms with Crippen LogP contribution < -0.4 is 10.1 Å². The summed E-state index contributed by atoms with van der Waals surface area (Å²) in [7, 11) is 1.61. The smallest absolute Gasteiger partial charge is 0.335 e. The zero-order valence-corrected chi connectivity index (χ0v) is 18.1. The van der Waals surface area contributed by atoms with Crippen molar-refractivity contribution in [2.45, 2.75) is 17.6 Å². The number of tetrazole rings is 1. The average molecular weight is 456 g/mol. The molecular formula is C20H17N5O4S2. The SMILES string of the molecule is COc1cc2sc(C(=O)Nc3nn[nH]n3)c(SCc3ccc(C(=O)O)cc3)c2cc1C. The maximum absolute atomic E-state index is 12.9. The number of aromatic amines is 1. The van der Waals surface area contributed by atoms with Crippen molar-refractivity contribution >= 4 is 51.0 Å². The zero-order chi connectivity index (χ0) is 22.0. The van der Waals surface area contributed by atoms with E-state index in [2.05, 4.69) is 25.9 Å². The largest absolute Gasteiger partial charge is 0.496 e. The number of fused-ring (bicyclic) bond motifs is 1. The lowest BCUT2D eigenvalue weighted by Gasteiger charge is -2.07. The number of nitrogens with one attached hydrogen (secondary N) is 2. The van der Waals surface area contributed by atoms with E-state index < -0.39 is 5.97 Å². The maximum Gasteiger partial charge on any atom is 0.335 e. The molecule has 0 radical (unpaired) electrons. The number of methoxy groups -OCH3 is 1. The Morgan fingerprint density at radius 3 is 2.68 bits per heavy atom. The summed E-state index contributed by atoms with van der Waals surface area (Å²) in [6, 6.07) is 10.6. The molecular weight excluding hydrogens is 438 g/mol.